The average molecular weight is 1660 g/mol. The SMILES string of the molecule is CCCCCCCCCC(CCCCCCCC(=O)Oc1c2cc3c4c5c6c7c8c9c(cc%10c%11c%12c%13c%14c%15c%16c%17c(cccc%17c%17ccc%18ccc%19cc1c(c%14c%19c%18c%17%15)c(c25)c%13c6c9%11)=CC(=C%10)C%16%12)C=C1C=CC2=CC=C5C6=CC=CC(=C3)C6C=4C7C5C2C18)[C@H](C[C@@H](C[C@H](C[C@@H](C[C@H](CC)c1ccccc1)c1ccccc1)c1ccccc1)c1ccccc1)c1ccccc1. The van der Waals surface area contributed by atoms with Crippen molar-refractivity contribution in [2.45, 2.75) is 190 Å². The predicted molar refractivity (Wildman–Crippen MR) is 543 cm³/mol. The Hall–Kier alpha value is -12.5. The molecule has 18 aromatic carbocycles. The van der Waals surface area contributed by atoms with Crippen LogP contribution in [0.25, 0.3) is 159 Å². The lowest BCUT2D eigenvalue weighted by atomic mass is 9.45. The Kier molecular flexibility index (Phi) is 16.3. The van der Waals surface area contributed by atoms with E-state index in [2.05, 4.69) is 293 Å². The summed E-state index contributed by atoms with van der Waals surface area (Å²) >= 11 is 0. The molecule has 0 spiro atoms. The van der Waals surface area contributed by atoms with E-state index < -0.39 is 0 Å². The summed E-state index contributed by atoms with van der Waals surface area (Å²) in [5.74, 6) is 4.50. The molecule has 0 N–H and O–H groups in total. The Balaban J connectivity index is 0.540. The quantitative estimate of drug-likeness (QED) is 0.0138. The summed E-state index contributed by atoms with van der Waals surface area (Å²) in [6.07, 6.45) is 50.8. The van der Waals surface area contributed by atoms with Crippen molar-refractivity contribution in [1.29, 1.82) is 0 Å². The van der Waals surface area contributed by atoms with E-state index in [1.165, 1.54) is 277 Å². The lowest BCUT2D eigenvalue weighted by Crippen LogP contribution is -2.47. The molecule has 18 aromatic rings. The Morgan fingerprint density at radius 2 is 0.868 bits per heavy atom. The Morgan fingerprint density at radius 1 is 0.341 bits per heavy atom. The molecule has 11 aliphatic rings. The second-order valence-electron chi connectivity index (χ2n) is 41.4. The highest BCUT2D eigenvalue weighted by molar-refractivity contribution is 6.58. The van der Waals surface area contributed by atoms with Crippen molar-refractivity contribution in [2.75, 3.05) is 0 Å². The van der Waals surface area contributed by atoms with Crippen LogP contribution < -0.4 is 15.2 Å². The van der Waals surface area contributed by atoms with Crippen LogP contribution in [-0.4, -0.2) is 5.97 Å². The first-order valence-electron chi connectivity index (χ1n) is 49.8. The van der Waals surface area contributed by atoms with Gasteiger partial charge in [0.2, 0.25) is 0 Å². The van der Waals surface area contributed by atoms with Gasteiger partial charge in [0.25, 0.3) is 0 Å². The normalized spacial score (nSPS) is 20.6. The van der Waals surface area contributed by atoms with Crippen molar-refractivity contribution < 1.29 is 9.53 Å². The number of allylic oxidation sites excluding steroid dienone is 13. The molecule has 129 heavy (non-hydrogen) atoms. The fourth-order valence-corrected chi connectivity index (χ4v) is 30.3. The highest BCUT2D eigenvalue weighted by atomic mass is 16.5. The molecule has 11 aliphatic carbocycles. The molecular weight excluding hydrogens is 1560 g/mol. The standard InChI is InChI=1S/C127H104O2/c1-3-5-6-7-8-10-18-41-74(93(75-43-28-17-29-44-75)67-84(73-39-26-16-27-40-73)63-83(72-37-24-15-25-38-72)62-82(71-35-22-14-23-36-71)58-69(4-2)70-33-20-13-21-34-70)42-19-11-9-12-30-49-96(128)129-127-94-66-81-53-51-77-55-57-92-89-47-31-45-78-59-85-64-87-65-86-61-80-52-50-76-54-56-91-90-48-32-46-79-60-88-68-95(127)110-117-106(88)112(98(79)90)119-107(91)99(76)101(80)113-104(86)115-105(87)114-103(85)111(97(78)89)120-108(92)100(77)102(81)116-109(94)118(110)126(122(114)124(116)120)123(115)125(117)121(113)119/h13-17,20-29,31-40,43-48,50-57,59-61,64-66,68-69,74,82-84,93,98-99,101,103,107,119H,3-12,18-19,30,41-42,49,58,62-63,67H2,1-2H3/t69-,74?,82+,83-,84+,93-,98?,99?,101?,103?,107?,119?/m0/s1. The minimum absolute atomic E-state index is 0.0713. The molecule has 0 radical (unpaired) electrons. The topological polar surface area (TPSA) is 26.3 Å². The molecule has 0 heterocycles. The maximum absolute atomic E-state index is 16.0. The van der Waals surface area contributed by atoms with Crippen LogP contribution in [-0.2, 0) is 4.79 Å². The van der Waals surface area contributed by atoms with E-state index in [0.717, 1.165) is 74.3 Å². The van der Waals surface area contributed by atoms with Gasteiger partial charge < -0.3 is 4.74 Å². The molecular formula is C127H104O2. The molecule has 2 nitrogen and oxygen atoms in total. The number of carbonyl (C=O) groups is 1. The number of rotatable bonds is 32. The molecule has 624 valence electrons. The number of unbranched alkanes of at least 4 members (excludes halogenated alkanes) is 10. The monoisotopic (exact) mass is 1660 g/mol. The summed E-state index contributed by atoms with van der Waals surface area (Å²) in [7, 11) is 0. The zero-order valence-electron chi connectivity index (χ0n) is 73.9. The molecule has 1 fully saturated rings. The smallest absolute Gasteiger partial charge is 0.311 e. The molecule has 1 saturated carbocycles. The predicted octanol–water partition coefficient (Wildman–Crippen LogP) is 32.6. The Labute approximate surface area is 753 Å². The molecule has 7 unspecified atom stereocenters. The van der Waals surface area contributed by atoms with Gasteiger partial charge >= 0.3 is 5.97 Å². The fourth-order valence-electron chi connectivity index (χ4n) is 30.3. The van der Waals surface area contributed by atoms with Gasteiger partial charge in [0, 0.05) is 74.2 Å². The van der Waals surface area contributed by atoms with Crippen molar-refractivity contribution >= 4 is 165 Å². The first kappa shape index (κ1) is 74.4. The van der Waals surface area contributed by atoms with Crippen LogP contribution in [0.1, 0.15) is 256 Å². The molecule has 0 amide bonds. The molecule has 0 aliphatic heterocycles. The number of ether oxygens (including phenoxy) is 1. The van der Waals surface area contributed by atoms with Gasteiger partial charge in [-0.2, -0.15) is 0 Å². The van der Waals surface area contributed by atoms with E-state index in [1.807, 2.05) is 0 Å². The summed E-state index contributed by atoms with van der Waals surface area (Å²) in [6, 6.07) is 82.9. The van der Waals surface area contributed by atoms with Crippen molar-refractivity contribution in [1.82, 2.24) is 0 Å². The lowest BCUT2D eigenvalue weighted by molar-refractivity contribution is -0.134. The van der Waals surface area contributed by atoms with Crippen LogP contribution in [0.4, 0.5) is 0 Å². The number of hydrogen-bond acceptors (Lipinski definition) is 2. The van der Waals surface area contributed by atoms with Crippen LogP contribution >= 0.6 is 0 Å². The first-order chi connectivity index (χ1) is 63.9. The third-order valence-corrected chi connectivity index (χ3v) is 35.2. The van der Waals surface area contributed by atoms with Gasteiger partial charge in [-0.15, -0.1) is 0 Å². The minimum Gasteiger partial charge on any atom is -0.425 e. The van der Waals surface area contributed by atoms with Crippen LogP contribution in [0, 0.1) is 23.7 Å². The number of hydrogen-bond donors (Lipinski definition) is 0. The number of carbonyl (C=O) groups excluding carboxylic acids is 1. The summed E-state index contributed by atoms with van der Waals surface area (Å²) in [4.78, 5) is 16.0. The zero-order valence-corrected chi connectivity index (χ0v) is 73.9. The molecule has 0 bridgehead atoms. The highest BCUT2D eigenvalue weighted by Gasteiger charge is 2.59. The third kappa shape index (κ3) is 10.3. The first-order valence-corrected chi connectivity index (χ1v) is 49.8. The fraction of sp³-hybridized carbons (Fsp3) is 0.268. The van der Waals surface area contributed by atoms with Crippen molar-refractivity contribution in [3.8, 4) is 5.75 Å². The van der Waals surface area contributed by atoms with Crippen molar-refractivity contribution in [3.63, 3.8) is 0 Å². The van der Waals surface area contributed by atoms with E-state index in [4.69, 9.17) is 4.74 Å². The molecule has 2 heteroatoms. The van der Waals surface area contributed by atoms with Crippen molar-refractivity contribution in [3.05, 3.63) is 365 Å². The van der Waals surface area contributed by atoms with E-state index in [0.29, 0.717) is 53.8 Å². The van der Waals surface area contributed by atoms with Gasteiger partial charge in [0.1, 0.15) is 5.75 Å². The third-order valence-electron chi connectivity index (χ3n) is 35.2. The number of fused-ring (bicyclic) bond motifs is 2. The maximum atomic E-state index is 16.0. The van der Waals surface area contributed by atoms with E-state index in [9.17, 15) is 0 Å². The van der Waals surface area contributed by atoms with Gasteiger partial charge in [-0.05, 0) is 318 Å². The minimum atomic E-state index is -0.111. The highest BCUT2D eigenvalue weighted by Crippen LogP contribution is 2.74. The summed E-state index contributed by atoms with van der Waals surface area (Å²) < 4.78 is 7.62. The molecule has 12 atom stereocenters. The summed E-state index contributed by atoms with van der Waals surface area (Å²) in [5.41, 5.74) is 28.2. The number of benzene rings is 18. The van der Waals surface area contributed by atoms with Crippen molar-refractivity contribution in [2.24, 2.45) is 23.7 Å². The Bertz CT molecular complexity index is 8280. The summed E-state index contributed by atoms with van der Waals surface area (Å²) in [5, 5.41) is 36.1. The number of esters is 1. The molecule has 0 aromatic heterocycles. The maximum Gasteiger partial charge on any atom is 0.311 e. The second kappa shape index (κ2) is 28.3. The average Bonchev–Trinajstić information content (AvgIpc) is 0.620. The zero-order chi connectivity index (χ0) is 84.4. The molecule has 29 rings (SSSR count). The van der Waals surface area contributed by atoms with E-state index in [-0.39, 0.29) is 29.6 Å². The van der Waals surface area contributed by atoms with Crippen LogP contribution in [0.5, 0.6) is 5.75 Å². The van der Waals surface area contributed by atoms with Gasteiger partial charge in [0.05, 0.1) is 0 Å². The summed E-state index contributed by atoms with van der Waals surface area (Å²) in [6.45, 7) is 4.74. The van der Waals surface area contributed by atoms with Gasteiger partial charge in [0.15, 0.2) is 0 Å². The lowest BCUT2D eigenvalue weighted by Gasteiger charge is -2.57. The van der Waals surface area contributed by atoms with E-state index in [1.54, 1.807) is 22.3 Å². The van der Waals surface area contributed by atoms with E-state index >= 15 is 4.79 Å². The van der Waals surface area contributed by atoms with Gasteiger partial charge in [-0.3, -0.25) is 4.79 Å². The molecule has 0 saturated heterocycles. The van der Waals surface area contributed by atoms with Crippen LogP contribution in [0.15, 0.2) is 288 Å². The Morgan fingerprint density at radius 3 is 1.58 bits per heavy atom. The largest absolute Gasteiger partial charge is 0.425 e. The van der Waals surface area contributed by atoms with Crippen LogP contribution in [0.3, 0.4) is 0 Å². The van der Waals surface area contributed by atoms with Crippen LogP contribution in [0.2, 0.25) is 0 Å². The van der Waals surface area contributed by atoms with Gasteiger partial charge in [-0.1, -0.05) is 345 Å². The second-order valence-corrected chi connectivity index (χ2v) is 41.4. The van der Waals surface area contributed by atoms with Gasteiger partial charge in [-0.25, -0.2) is 0 Å².